The monoisotopic (exact) mass is 279 g/mol. The molecular formula is C12H13F4NO2. The lowest BCUT2D eigenvalue weighted by Gasteiger charge is -2.11. The van der Waals surface area contributed by atoms with Gasteiger partial charge in [-0.25, -0.2) is 4.39 Å². The first kappa shape index (κ1) is 15.4. The largest absolute Gasteiger partial charge is 0.419 e. The Morgan fingerprint density at radius 1 is 1.37 bits per heavy atom. The maximum Gasteiger partial charge on any atom is 0.419 e. The zero-order valence-corrected chi connectivity index (χ0v) is 10.2. The summed E-state index contributed by atoms with van der Waals surface area (Å²) in [5.41, 5.74) is -1.51. The van der Waals surface area contributed by atoms with Crippen LogP contribution in [0.2, 0.25) is 0 Å². The topological polar surface area (TPSA) is 38.3 Å². The maximum atomic E-state index is 13.0. The first-order valence-corrected chi connectivity index (χ1v) is 5.59. The molecule has 0 saturated heterocycles. The minimum Gasteiger partial charge on any atom is -0.381 e. The second-order valence-corrected chi connectivity index (χ2v) is 3.69. The number of benzene rings is 1. The summed E-state index contributed by atoms with van der Waals surface area (Å²) < 4.78 is 55.3. The molecule has 106 valence electrons. The Labute approximate surface area is 107 Å². The zero-order chi connectivity index (χ0) is 14.5. The van der Waals surface area contributed by atoms with Crippen molar-refractivity contribution in [3.8, 4) is 0 Å². The van der Waals surface area contributed by atoms with Crippen LogP contribution in [0.15, 0.2) is 18.2 Å². The lowest BCUT2D eigenvalue weighted by atomic mass is 10.1. The normalized spacial score (nSPS) is 11.4. The number of halogens is 4. The fourth-order valence-electron chi connectivity index (χ4n) is 1.35. The molecule has 1 N–H and O–H groups in total. The summed E-state index contributed by atoms with van der Waals surface area (Å²) in [7, 11) is 0. The Morgan fingerprint density at radius 2 is 2.05 bits per heavy atom. The van der Waals surface area contributed by atoms with E-state index in [1.807, 2.05) is 0 Å². The molecule has 19 heavy (non-hydrogen) atoms. The van der Waals surface area contributed by atoms with Crippen LogP contribution in [-0.2, 0) is 15.7 Å². The standard InChI is InChI=1S/C12H13F4NO2/c1-2-19-6-5-11(18)17-8-3-4-10(13)9(7-8)12(14,15)16/h3-4,7H,2,5-6H2,1H3,(H,17,18). The molecule has 1 aromatic carbocycles. The first-order chi connectivity index (χ1) is 8.84. The number of nitrogens with one attached hydrogen (secondary N) is 1. The van der Waals surface area contributed by atoms with E-state index < -0.39 is 23.5 Å². The van der Waals surface area contributed by atoms with E-state index in [0.717, 1.165) is 6.07 Å². The fraction of sp³-hybridized carbons (Fsp3) is 0.417. The minimum absolute atomic E-state index is 0.0204. The Kier molecular flexibility index (Phi) is 5.29. The number of anilines is 1. The molecule has 0 atom stereocenters. The van der Waals surface area contributed by atoms with Gasteiger partial charge in [0.15, 0.2) is 0 Å². The minimum atomic E-state index is -4.80. The van der Waals surface area contributed by atoms with Crippen molar-refractivity contribution in [1.29, 1.82) is 0 Å². The molecule has 0 fully saturated rings. The second-order valence-electron chi connectivity index (χ2n) is 3.69. The van der Waals surface area contributed by atoms with Crippen molar-refractivity contribution >= 4 is 11.6 Å². The summed E-state index contributed by atoms with van der Waals surface area (Å²) in [4.78, 5) is 11.4. The quantitative estimate of drug-likeness (QED) is 0.664. The molecule has 0 heterocycles. The van der Waals surface area contributed by atoms with E-state index in [9.17, 15) is 22.4 Å². The highest BCUT2D eigenvalue weighted by molar-refractivity contribution is 5.90. The van der Waals surface area contributed by atoms with Crippen LogP contribution in [-0.4, -0.2) is 19.1 Å². The smallest absolute Gasteiger partial charge is 0.381 e. The molecule has 0 unspecified atom stereocenters. The number of amides is 1. The number of carbonyl (C=O) groups is 1. The van der Waals surface area contributed by atoms with Crippen molar-refractivity contribution in [2.24, 2.45) is 0 Å². The van der Waals surface area contributed by atoms with Gasteiger partial charge in [0.25, 0.3) is 0 Å². The van der Waals surface area contributed by atoms with E-state index in [2.05, 4.69) is 5.32 Å². The van der Waals surface area contributed by atoms with Crippen LogP contribution in [0, 0.1) is 5.82 Å². The highest BCUT2D eigenvalue weighted by Gasteiger charge is 2.34. The number of alkyl halides is 3. The van der Waals surface area contributed by atoms with Crippen molar-refractivity contribution in [1.82, 2.24) is 0 Å². The molecule has 0 bridgehead atoms. The number of rotatable bonds is 5. The summed E-state index contributed by atoms with van der Waals surface area (Å²) in [6, 6.07) is 2.30. The molecule has 0 aliphatic rings. The molecule has 0 aliphatic heterocycles. The van der Waals surface area contributed by atoms with Gasteiger partial charge in [0.05, 0.1) is 18.6 Å². The summed E-state index contributed by atoms with van der Waals surface area (Å²) in [6.07, 6.45) is -4.78. The lowest BCUT2D eigenvalue weighted by molar-refractivity contribution is -0.140. The summed E-state index contributed by atoms with van der Waals surface area (Å²) in [6.45, 7) is 2.38. The van der Waals surface area contributed by atoms with E-state index in [0.29, 0.717) is 18.7 Å². The average molecular weight is 279 g/mol. The van der Waals surface area contributed by atoms with Gasteiger partial charge in [0.2, 0.25) is 5.91 Å². The molecule has 0 aliphatic carbocycles. The van der Waals surface area contributed by atoms with Crippen molar-refractivity contribution in [2.75, 3.05) is 18.5 Å². The van der Waals surface area contributed by atoms with Gasteiger partial charge in [-0.3, -0.25) is 4.79 Å². The van der Waals surface area contributed by atoms with E-state index in [-0.39, 0.29) is 18.7 Å². The van der Waals surface area contributed by atoms with Gasteiger partial charge in [-0.2, -0.15) is 13.2 Å². The summed E-state index contributed by atoms with van der Waals surface area (Å²) in [5.74, 6) is -1.87. The Balaban J connectivity index is 2.72. The molecule has 0 saturated carbocycles. The molecule has 0 aromatic heterocycles. The SMILES string of the molecule is CCOCCC(=O)Nc1ccc(F)c(C(F)(F)F)c1. The first-order valence-electron chi connectivity index (χ1n) is 5.59. The van der Waals surface area contributed by atoms with E-state index in [1.54, 1.807) is 6.92 Å². The van der Waals surface area contributed by atoms with Gasteiger partial charge in [0, 0.05) is 12.3 Å². The molecule has 0 radical (unpaired) electrons. The van der Waals surface area contributed by atoms with E-state index in [4.69, 9.17) is 4.74 Å². The molecule has 7 heteroatoms. The predicted octanol–water partition coefficient (Wildman–Crippen LogP) is 3.21. The van der Waals surface area contributed by atoms with Crippen molar-refractivity contribution < 1.29 is 27.1 Å². The van der Waals surface area contributed by atoms with Gasteiger partial charge in [0.1, 0.15) is 5.82 Å². The number of carbonyl (C=O) groups excluding carboxylic acids is 1. The van der Waals surface area contributed by atoms with Gasteiger partial charge in [-0.1, -0.05) is 0 Å². The maximum absolute atomic E-state index is 13.0. The summed E-state index contributed by atoms with van der Waals surface area (Å²) >= 11 is 0. The van der Waals surface area contributed by atoms with Gasteiger partial charge in [-0.15, -0.1) is 0 Å². The van der Waals surface area contributed by atoms with Crippen LogP contribution >= 0.6 is 0 Å². The van der Waals surface area contributed by atoms with Crippen LogP contribution in [0.4, 0.5) is 23.2 Å². The van der Waals surface area contributed by atoms with Crippen LogP contribution in [0.5, 0.6) is 0 Å². The Bertz CT molecular complexity index is 446. The van der Waals surface area contributed by atoms with Crippen molar-refractivity contribution in [3.63, 3.8) is 0 Å². The number of hydrogen-bond acceptors (Lipinski definition) is 2. The number of hydrogen-bond donors (Lipinski definition) is 1. The molecular weight excluding hydrogens is 266 g/mol. The third kappa shape index (κ3) is 4.86. The van der Waals surface area contributed by atoms with Crippen LogP contribution in [0.3, 0.4) is 0 Å². The molecule has 1 amide bonds. The van der Waals surface area contributed by atoms with Crippen LogP contribution in [0.1, 0.15) is 18.9 Å². The number of ether oxygens (including phenoxy) is 1. The zero-order valence-electron chi connectivity index (χ0n) is 10.2. The lowest BCUT2D eigenvalue weighted by Crippen LogP contribution is -2.15. The van der Waals surface area contributed by atoms with Gasteiger partial charge >= 0.3 is 6.18 Å². The van der Waals surface area contributed by atoms with Crippen molar-refractivity contribution in [2.45, 2.75) is 19.5 Å². The molecule has 0 spiro atoms. The fourth-order valence-corrected chi connectivity index (χ4v) is 1.35. The highest BCUT2D eigenvalue weighted by Crippen LogP contribution is 2.32. The molecule has 3 nitrogen and oxygen atoms in total. The second kappa shape index (κ2) is 6.51. The Hall–Kier alpha value is -1.63. The molecule has 1 rings (SSSR count). The van der Waals surface area contributed by atoms with Gasteiger partial charge < -0.3 is 10.1 Å². The predicted molar refractivity (Wildman–Crippen MR) is 61.1 cm³/mol. The third-order valence-electron chi connectivity index (χ3n) is 2.23. The van der Waals surface area contributed by atoms with Crippen molar-refractivity contribution in [3.05, 3.63) is 29.6 Å². The third-order valence-corrected chi connectivity index (χ3v) is 2.23. The average Bonchev–Trinajstić information content (AvgIpc) is 2.30. The van der Waals surface area contributed by atoms with E-state index in [1.165, 1.54) is 0 Å². The Morgan fingerprint density at radius 3 is 2.63 bits per heavy atom. The van der Waals surface area contributed by atoms with Crippen LogP contribution in [0.25, 0.3) is 0 Å². The molecule has 1 aromatic rings. The summed E-state index contributed by atoms with van der Waals surface area (Å²) in [5, 5.41) is 2.25. The van der Waals surface area contributed by atoms with Crippen LogP contribution < -0.4 is 5.32 Å². The highest BCUT2D eigenvalue weighted by atomic mass is 19.4. The van der Waals surface area contributed by atoms with Gasteiger partial charge in [-0.05, 0) is 25.1 Å². The van der Waals surface area contributed by atoms with E-state index >= 15 is 0 Å².